The lowest BCUT2D eigenvalue weighted by Gasteiger charge is -2.20. The van der Waals surface area contributed by atoms with Gasteiger partial charge < -0.3 is 15.8 Å². The smallest absolute Gasteiger partial charge is 0.248 e. The summed E-state index contributed by atoms with van der Waals surface area (Å²) in [5.74, 6) is 0.106. The second kappa shape index (κ2) is 4.37. The first-order valence-corrected chi connectivity index (χ1v) is 5.28. The van der Waals surface area contributed by atoms with Crippen LogP contribution in [-0.2, 0) is 9.53 Å². The summed E-state index contributed by atoms with van der Waals surface area (Å²) in [5.41, 5.74) is 4.94. The van der Waals surface area contributed by atoms with Crippen molar-refractivity contribution in [3.63, 3.8) is 0 Å². The van der Waals surface area contributed by atoms with E-state index >= 15 is 0 Å². The number of nitrogens with one attached hydrogen (secondary N) is 1. The van der Waals surface area contributed by atoms with E-state index in [0.29, 0.717) is 23.9 Å². The largest absolute Gasteiger partial charge is 0.379 e. The molecule has 6 heteroatoms. The molecule has 1 amide bonds. The zero-order chi connectivity index (χ0) is 11.6. The van der Waals surface area contributed by atoms with Crippen molar-refractivity contribution in [2.75, 3.05) is 18.5 Å². The first-order chi connectivity index (χ1) is 7.60. The molecule has 86 valence electrons. The maximum atomic E-state index is 11.8. The van der Waals surface area contributed by atoms with Crippen LogP contribution in [0.1, 0.15) is 6.42 Å². The Morgan fingerprint density at radius 1 is 1.69 bits per heavy atom. The molecule has 0 radical (unpaired) electrons. The van der Waals surface area contributed by atoms with Gasteiger partial charge >= 0.3 is 0 Å². The summed E-state index contributed by atoms with van der Waals surface area (Å²) in [6, 6.07) is 3.20. The van der Waals surface area contributed by atoms with Crippen LogP contribution in [0.2, 0.25) is 5.02 Å². The van der Waals surface area contributed by atoms with Gasteiger partial charge in [-0.25, -0.2) is 4.98 Å². The molecule has 1 unspecified atom stereocenters. The van der Waals surface area contributed by atoms with Crippen LogP contribution in [0, 0.1) is 0 Å². The summed E-state index contributed by atoms with van der Waals surface area (Å²) < 4.78 is 5.11. The van der Waals surface area contributed by atoms with E-state index in [1.807, 2.05) is 0 Å². The lowest BCUT2D eigenvalue weighted by atomic mass is 9.99. The van der Waals surface area contributed by atoms with Crippen molar-refractivity contribution in [2.24, 2.45) is 5.73 Å². The fraction of sp³-hybridized carbons (Fsp3) is 0.400. The molecular formula is C10H12ClN3O2. The third kappa shape index (κ3) is 2.32. The highest BCUT2D eigenvalue weighted by Crippen LogP contribution is 2.18. The van der Waals surface area contributed by atoms with Crippen molar-refractivity contribution in [3.05, 3.63) is 23.4 Å². The summed E-state index contributed by atoms with van der Waals surface area (Å²) in [6.07, 6.45) is 2.03. The highest BCUT2D eigenvalue weighted by Gasteiger charge is 2.38. The van der Waals surface area contributed by atoms with E-state index in [-0.39, 0.29) is 12.5 Å². The molecule has 3 N–H and O–H groups in total. The molecule has 0 aromatic carbocycles. The summed E-state index contributed by atoms with van der Waals surface area (Å²) in [7, 11) is 0. The molecule has 0 bridgehead atoms. The topological polar surface area (TPSA) is 77.2 Å². The fourth-order valence-electron chi connectivity index (χ4n) is 1.47. The van der Waals surface area contributed by atoms with Gasteiger partial charge in [0.05, 0.1) is 6.61 Å². The molecule has 5 nitrogen and oxygen atoms in total. The van der Waals surface area contributed by atoms with Crippen molar-refractivity contribution >= 4 is 23.3 Å². The van der Waals surface area contributed by atoms with Gasteiger partial charge in [0, 0.05) is 17.8 Å². The van der Waals surface area contributed by atoms with Crippen molar-refractivity contribution in [3.8, 4) is 0 Å². The van der Waals surface area contributed by atoms with Gasteiger partial charge in [0.1, 0.15) is 11.4 Å². The van der Waals surface area contributed by atoms with E-state index in [1.165, 1.54) is 6.20 Å². The molecule has 1 aromatic heterocycles. The Hall–Kier alpha value is -1.17. The number of hydrogen-bond acceptors (Lipinski definition) is 4. The minimum absolute atomic E-state index is 0.236. The second-order valence-corrected chi connectivity index (χ2v) is 4.21. The number of aromatic nitrogens is 1. The van der Waals surface area contributed by atoms with Gasteiger partial charge in [-0.05, 0) is 18.6 Å². The molecular weight excluding hydrogens is 230 g/mol. The minimum Gasteiger partial charge on any atom is -0.379 e. The number of halogens is 1. The van der Waals surface area contributed by atoms with Crippen LogP contribution in [0.15, 0.2) is 18.3 Å². The standard InChI is InChI=1S/C10H12ClN3O2/c11-7-1-3-13-8(5-7)14-9(15)10(12)2-4-16-6-10/h1,3,5H,2,4,6,12H2,(H,13,14,15). The fourth-order valence-corrected chi connectivity index (χ4v) is 1.63. The van der Waals surface area contributed by atoms with Gasteiger partial charge in [-0.1, -0.05) is 11.6 Å². The summed E-state index contributed by atoms with van der Waals surface area (Å²) in [5, 5.41) is 3.14. The zero-order valence-corrected chi connectivity index (χ0v) is 9.33. The predicted octanol–water partition coefficient (Wildman–Crippen LogP) is 0.791. The number of anilines is 1. The molecule has 1 fully saturated rings. The second-order valence-electron chi connectivity index (χ2n) is 3.77. The number of carbonyl (C=O) groups is 1. The van der Waals surface area contributed by atoms with E-state index in [9.17, 15) is 4.79 Å². The first kappa shape index (κ1) is 11.3. The number of ether oxygens (including phenoxy) is 1. The Labute approximate surface area is 97.9 Å². The van der Waals surface area contributed by atoms with Crippen LogP contribution < -0.4 is 11.1 Å². The van der Waals surface area contributed by atoms with Crippen molar-refractivity contribution < 1.29 is 9.53 Å². The van der Waals surface area contributed by atoms with Crippen LogP contribution in [0.4, 0.5) is 5.82 Å². The first-order valence-electron chi connectivity index (χ1n) is 4.90. The van der Waals surface area contributed by atoms with Gasteiger partial charge in [0.15, 0.2) is 0 Å². The monoisotopic (exact) mass is 241 g/mol. The Morgan fingerprint density at radius 3 is 3.12 bits per heavy atom. The molecule has 1 aromatic rings. The number of rotatable bonds is 2. The lowest BCUT2D eigenvalue weighted by molar-refractivity contribution is -0.121. The Bertz CT molecular complexity index is 405. The van der Waals surface area contributed by atoms with E-state index in [1.54, 1.807) is 12.1 Å². The highest BCUT2D eigenvalue weighted by molar-refractivity contribution is 6.30. The molecule has 0 saturated carbocycles. The molecule has 0 spiro atoms. The Balaban J connectivity index is 2.07. The van der Waals surface area contributed by atoms with Crippen molar-refractivity contribution in [1.29, 1.82) is 0 Å². The number of carbonyl (C=O) groups excluding carboxylic acids is 1. The quantitative estimate of drug-likeness (QED) is 0.803. The third-order valence-electron chi connectivity index (χ3n) is 2.47. The summed E-state index contributed by atoms with van der Waals surface area (Å²) >= 11 is 5.78. The molecule has 1 aliphatic heterocycles. The van der Waals surface area contributed by atoms with Crippen molar-refractivity contribution in [2.45, 2.75) is 12.0 Å². The molecule has 1 saturated heterocycles. The minimum atomic E-state index is -0.954. The zero-order valence-electron chi connectivity index (χ0n) is 8.57. The van der Waals surface area contributed by atoms with Crippen LogP contribution >= 0.6 is 11.6 Å². The summed E-state index contributed by atoms with van der Waals surface area (Å²) in [6.45, 7) is 0.742. The molecule has 1 aliphatic rings. The molecule has 0 aliphatic carbocycles. The van der Waals surface area contributed by atoms with E-state index in [2.05, 4.69) is 10.3 Å². The molecule has 2 heterocycles. The van der Waals surface area contributed by atoms with Crippen LogP contribution in [-0.4, -0.2) is 29.6 Å². The van der Waals surface area contributed by atoms with Crippen LogP contribution in [0.25, 0.3) is 0 Å². The Kier molecular flexibility index (Phi) is 3.09. The Morgan fingerprint density at radius 2 is 2.50 bits per heavy atom. The summed E-state index contributed by atoms with van der Waals surface area (Å²) in [4.78, 5) is 15.8. The van der Waals surface area contributed by atoms with E-state index < -0.39 is 5.54 Å². The van der Waals surface area contributed by atoms with Gasteiger partial charge in [-0.15, -0.1) is 0 Å². The normalized spacial score (nSPS) is 24.4. The highest BCUT2D eigenvalue weighted by atomic mass is 35.5. The van der Waals surface area contributed by atoms with E-state index in [4.69, 9.17) is 22.1 Å². The number of nitrogens with two attached hydrogens (primary N) is 1. The van der Waals surface area contributed by atoms with Gasteiger partial charge in [0.2, 0.25) is 5.91 Å². The SMILES string of the molecule is NC1(C(=O)Nc2cc(Cl)ccn2)CCOC1. The predicted molar refractivity (Wildman–Crippen MR) is 60.2 cm³/mol. The van der Waals surface area contributed by atoms with E-state index in [0.717, 1.165) is 0 Å². The number of nitrogens with zero attached hydrogens (tertiary/aromatic N) is 1. The number of amides is 1. The van der Waals surface area contributed by atoms with Gasteiger partial charge in [-0.3, -0.25) is 4.79 Å². The third-order valence-corrected chi connectivity index (χ3v) is 2.70. The molecule has 1 atom stereocenters. The number of hydrogen-bond donors (Lipinski definition) is 2. The molecule has 2 rings (SSSR count). The van der Waals surface area contributed by atoms with Gasteiger partial charge in [0.25, 0.3) is 0 Å². The van der Waals surface area contributed by atoms with Crippen molar-refractivity contribution in [1.82, 2.24) is 4.98 Å². The van der Waals surface area contributed by atoms with Crippen LogP contribution in [0.5, 0.6) is 0 Å². The number of pyridine rings is 1. The lowest BCUT2D eigenvalue weighted by Crippen LogP contribution is -2.51. The maximum absolute atomic E-state index is 11.8. The average Bonchev–Trinajstić information content (AvgIpc) is 2.66. The van der Waals surface area contributed by atoms with Crippen LogP contribution in [0.3, 0.4) is 0 Å². The average molecular weight is 242 g/mol. The molecule has 16 heavy (non-hydrogen) atoms. The maximum Gasteiger partial charge on any atom is 0.248 e. The van der Waals surface area contributed by atoms with Gasteiger partial charge in [-0.2, -0.15) is 0 Å².